The number of nitrogens with zero attached hydrogens (tertiary/aromatic N) is 1. The monoisotopic (exact) mass is 457 g/mol. The molecule has 0 amide bonds. The quantitative estimate of drug-likeness (QED) is 0.372. The zero-order valence-electron chi connectivity index (χ0n) is 19.6. The van der Waals surface area contributed by atoms with E-state index in [-0.39, 0.29) is 5.63 Å². The van der Waals surface area contributed by atoms with Gasteiger partial charge in [-0.25, -0.2) is 4.79 Å². The largest absolute Gasteiger partial charge is 0.497 e. The van der Waals surface area contributed by atoms with Gasteiger partial charge in [0, 0.05) is 18.5 Å². The number of ether oxygens (including phenoxy) is 3. The Kier molecular flexibility index (Phi) is 5.99. The molecule has 6 heteroatoms. The van der Waals surface area contributed by atoms with Gasteiger partial charge in [-0.2, -0.15) is 0 Å². The van der Waals surface area contributed by atoms with Gasteiger partial charge in [-0.15, -0.1) is 0 Å². The third kappa shape index (κ3) is 4.13. The first-order valence-electron chi connectivity index (χ1n) is 11.3. The summed E-state index contributed by atoms with van der Waals surface area (Å²) in [6.45, 7) is 3.96. The van der Waals surface area contributed by atoms with E-state index in [0.29, 0.717) is 24.4 Å². The highest BCUT2D eigenvalue weighted by Crippen LogP contribution is 2.35. The van der Waals surface area contributed by atoms with Crippen LogP contribution in [-0.2, 0) is 13.0 Å². The van der Waals surface area contributed by atoms with Crippen LogP contribution in [0, 0.1) is 6.92 Å². The SMILES string of the molecule is COc1ccc(CCN2COc3ccc4c(C)c(-c5ccc(OC)cc5)c(=O)oc4c3C2)cc1. The van der Waals surface area contributed by atoms with E-state index in [0.717, 1.165) is 52.3 Å². The highest BCUT2D eigenvalue weighted by molar-refractivity contribution is 5.90. The van der Waals surface area contributed by atoms with Crippen LogP contribution in [0.1, 0.15) is 16.7 Å². The van der Waals surface area contributed by atoms with Gasteiger partial charge in [-0.1, -0.05) is 24.3 Å². The predicted octanol–water partition coefficient (Wildman–Crippen LogP) is 5.18. The molecule has 0 fully saturated rings. The van der Waals surface area contributed by atoms with Crippen molar-refractivity contribution in [1.82, 2.24) is 4.90 Å². The Labute approximate surface area is 198 Å². The molecule has 34 heavy (non-hydrogen) atoms. The third-order valence-electron chi connectivity index (χ3n) is 6.43. The molecule has 3 aromatic carbocycles. The molecule has 2 heterocycles. The molecular formula is C28H27NO5. The number of methoxy groups -OCH3 is 2. The van der Waals surface area contributed by atoms with Crippen molar-refractivity contribution in [3.63, 3.8) is 0 Å². The summed E-state index contributed by atoms with van der Waals surface area (Å²) >= 11 is 0. The van der Waals surface area contributed by atoms with E-state index >= 15 is 0 Å². The van der Waals surface area contributed by atoms with Gasteiger partial charge in [0.05, 0.1) is 25.3 Å². The Morgan fingerprint density at radius 1 is 0.912 bits per heavy atom. The summed E-state index contributed by atoms with van der Waals surface area (Å²) in [7, 11) is 3.29. The number of fused-ring (bicyclic) bond motifs is 3. The fourth-order valence-corrected chi connectivity index (χ4v) is 4.48. The van der Waals surface area contributed by atoms with Gasteiger partial charge in [0.15, 0.2) is 0 Å². The second kappa shape index (κ2) is 9.23. The summed E-state index contributed by atoms with van der Waals surface area (Å²) in [5.41, 5.74) is 4.68. The second-order valence-electron chi connectivity index (χ2n) is 8.46. The number of hydrogen-bond acceptors (Lipinski definition) is 6. The maximum absolute atomic E-state index is 13.1. The Bertz CT molecular complexity index is 1370. The predicted molar refractivity (Wildman–Crippen MR) is 132 cm³/mol. The molecule has 0 bridgehead atoms. The normalized spacial score (nSPS) is 13.4. The highest BCUT2D eigenvalue weighted by Gasteiger charge is 2.23. The van der Waals surface area contributed by atoms with E-state index in [1.54, 1.807) is 14.2 Å². The average Bonchev–Trinajstić information content (AvgIpc) is 2.88. The van der Waals surface area contributed by atoms with E-state index < -0.39 is 0 Å². The van der Waals surface area contributed by atoms with Crippen molar-refractivity contribution in [3.05, 3.63) is 87.8 Å². The minimum absolute atomic E-state index is 0.348. The number of benzene rings is 3. The van der Waals surface area contributed by atoms with Crippen molar-refractivity contribution in [2.45, 2.75) is 19.9 Å². The molecule has 0 spiro atoms. The first kappa shape index (κ1) is 22.0. The Morgan fingerprint density at radius 3 is 2.26 bits per heavy atom. The van der Waals surface area contributed by atoms with Crippen molar-refractivity contribution in [1.29, 1.82) is 0 Å². The van der Waals surface area contributed by atoms with Gasteiger partial charge in [0.25, 0.3) is 0 Å². The van der Waals surface area contributed by atoms with Crippen LogP contribution in [0.2, 0.25) is 0 Å². The van der Waals surface area contributed by atoms with E-state index in [4.69, 9.17) is 18.6 Å². The van der Waals surface area contributed by atoms with Crippen LogP contribution in [-0.4, -0.2) is 32.4 Å². The maximum atomic E-state index is 13.1. The van der Waals surface area contributed by atoms with Gasteiger partial charge < -0.3 is 18.6 Å². The molecule has 0 N–H and O–H groups in total. The fourth-order valence-electron chi connectivity index (χ4n) is 4.48. The van der Waals surface area contributed by atoms with Gasteiger partial charge in [0.2, 0.25) is 0 Å². The molecule has 0 atom stereocenters. The molecule has 174 valence electrons. The first-order chi connectivity index (χ1) is 16.6. The van der Waals surface area contributed by atoms with E-state index in [9.17, 15) is 4.79 Å². The molecular weight excluding hydrogens is 430 g/mol. The summed E-state index contributed by atoms with van der Waals surface area (Å²) in [5, 5.41) is 0.921. The molecule has 4 aromatic rings. The first-order valence-corrected chi connectivity index (χ1v) is 11.3. The third-order valence-corrected chi connectivity index (χ3v) is 6.43. The molecule has 5 rings (SSSR count). The van der Waals surface area contributed by atoms with Gasteiger partial charge in [-0.3, -0.25) is 4.90 Å². The van der Waals surface area contributed by atoms with Crippen molar-refractivity contribution in [2.75, 3.05) is 27.5 Å². The average molecular weight is 458 g/mol. The van der Waals surface area contributed by atoms with Crippen LogP contribution in [0.3, 0.4) is 0 Å². The fraction of sp³-hybridized carbons (Fsp3) is 0.250. The van der Waals surface area contributed by atoms with Gasteiger partial charge >= 0.3 is 5.63 Å². The zero-order chi connectivity index (χ0) is 23.7. The number of rotatable bonds is 6. The Hall–Kier alpha value is -3.77. The standard InChI is InChI=1S/C28H27NO5/c1-18-23-12-13-25-24(16-29(17-33-25)15-14-19-4-8-21(31-2)9-5-19)27(23)34-28(30)26(18)20-6-10-22(32-3)11-7-20/h4-13H,14-17H2,1-3H3. The number of aryl methyl sites for hydroxylation is 1. The highest BCUT2D eigenvalue weighted by atomic mass is 16.5. The summed E-state index contributed by atoms with van der Waals surface area (Å²) in [6.07, 6.45) is 0.887. The topological polar surface area (TPSA) is 61.1 Å². The van der Waals surface area contributed by atoms with Crippen molar-refractivity contribution in [3.8, 4) is 28.4 Å². The second-order valence-corrected chi connectivity index (χ2v) is 8.46. The Morgan fingerprint density at radius 2 is 1.59 bits per heavy atom. The Balaban J connectivity index is 1.43. The summed E-state index contributed by atoms with van der Waals surface area (Å²) in [5.74, 6) is 2.37. The van der Waals surface area contributed by atoms with Crippen molar-refractivity contribution < 1.29 is 18.6 Å². The van der Waals surface area contributed by atoms with E-state index in [1.807, 2.05) is 55.5 Å². The van der Waals surface area contributed by atoms with Crippen molar-refractivity contribution in [2.24, 2.45) is 0 Å². The van der Waals surface area contributed by atoms with E-state index in [1.165, 1.54) is 5.56 Å². The molecule has 0 radical (unpaired) electrons. The van der Waals surface area contributed by atoms with Gasteiger partial charge in [-0.05, 0) is 66.4 Å². The van der Waals surface area contributed by atoms with Crippen LogP contribution in [0.5, 0.6) is 17.2 Å². The van der Waals surface area contributed by atoms with Crippen LogP contribution in [0.4, 0.5) is 0 Å². The zero-order valence-corrected chi connectivity index (χ0v) is 19.6. The molecule has 0 aliphatic carbocycles. The lowest BCUT2D eigenvalue weighted by molar-refractivity contribution is 0.0968. The lowest BCUT2D eigenvalue weighted by atomic mass is 9.97. The van der Waals surface area contributed by atoms with Crippen LogP contribution >= 0.6 is 0 Å². The molecule has 1 aliphatic heterocycles. The summed E-state index contributed by atoms with van der Waals surface area (Å²) in [6, 6.07) is 19.5. The number of hydrogen-bond donors (Lipinski definition) is 0. The maximum Gasteiger partial charge on any atom is 0.344 e. The molecule has 0 unspecified atom stereocenters. The van der Waals surface area contributed by atoms with Crippen LogP contribution in [0.25, 0.3) is 22.1 Å². The molecule has 1 aromatic heterocycles. The minimum Gasteiger partial charge on any atom is -0.497 e. The summed E-state index contributed by atoms with van der Waals surface area (Å²) < 4.78 is 22.4. The lowest BCUT2D eigenvalue weighted by Crippen LogP contribution is -2.33. The van der Waals surface area contributed by atoms with Crippen LogP contribution in [0.15, 0.2) is 69.9 Å². The molecule has 6 nitrogen and oxygen atoms in total. The van der Waals surface area contributed by atoms with Gasteiger partial charge in [0.1, 0.15) is 29.6 Å². The minimum atomic E-state index is -0.348. The lowest BCUT2D eigenvalue weighted by Gasteiger charge is -2.29. The smallest absolute Gasteiger partial charge is 0.344 e. The van der Waals surface area contributed by atoms with Crippen molar-refractivity contribution >= 4 is 11.0 Å². The molecule has 1 aliphatic rings. The molecule has 0 saturated carbocycles. The molecule has 0 saturated heterocycles. The van der Waals surface area contributed by atoms with E-state index in [2.05, 4.69) is 17.0 Å². The van der Waals surface area contributed by atoms with Crippen LogP contribution < -0.4 is 19.8 Å². The summed E-state index contributed by atoms with van der Waals surface area (Å²) in [4.78, 5) is 15.3.